The van der Waals surface area contributed by atoms with Gasteiger partial charge in [-0.3, -0.25) is 0 Å². The van der Waals surface area contributed by atoms with Crippen molar-refractivity contribution >= 4 is 0 Å². The van der Waals surface area contributed by atoms with Gasteiger partial charge in [0.25, 0.3) is 0 Å². The molecule has 1 saturated carbocycles. The summed E-state index contributed by atoms with van der Waals surface area (Å²) in [5, 5.41) is 0. The van der Waals surface area contributed by atoms with Crippen LogP contribution in [0.4, 0.5) is 0 Å². The molecule has 1 nitrogen and oxygen atoms in total. The molecule has 0 aliphatic heterocycles. The quantitative estimate of drug-likeness (QED) is 0.587. The van der Waals surface area contributed by atoms with Crippen LogP contribution in [0.5, 0.6) is 0 Å². The number of hydrogen-bond acceptors (Lipinski definition) is 1. The predicted octanol–water partition coefficient (Wildman–Crippen LogP) is 2.00. The van der Waals surface area contributed by atoms with E-state index in [4.69, 9.17) is 5.73 Å². The highest BCUT2D eigenvalue weighted by molar-refractivity contribution is 5.21. The standard InChI is InChI=1S/C9H15N/c1-7(2)5-8-3-4-9(10)6-8/h5,9H,1,3-4,6,10H2,2H3/b8-5-. The highest BCUT2D eigenvalue weighted by atomic mass is 14.6. The highest BCUT2D eigenvalue weighted by Gasteiger charge is 2.14. The summed E-state index contributed by atoms with van der Waals surface area (Å²) >= 11 is 0. The maximum Gasteiger partial charge on any atom is 0.00792 e. The van der Waals surface area contributed by atoms with Crippen molar-refractivity contribution in [3.63, 3.8) is 0 Å². The van der Waals surface area contributed by atoms with Gasteiger partial charge >= 0.3 is 0 Å². The Morgan fingerprint density at radius 2 is 2.50 bits per heavy atom. The zero-order chi connectivity index (χ0) is 7.56. The Morgan fingerprint density at radius 1 is 1.80 bits per heavy atom. The summed E-state index contributed by atoms with van der Waals surface area (Å²) in [6, 6.07) is 0.408. The van der Waals surface area contributed by atoms with Crippen LogP contribution in [0.2, 0.25) is 0 Å². The second-order valence-electron chi connectivity index (χ2n) is 3.15. The summed E-state index contributed by atoms with van der Waals surface area (Å²) in [7, 11) is 0. The molecule has 0 bridgehead atoms. The Labute approximate surface area is 62.6 Å². The third-order valence-electron chi connectivity index (χ3n) is 1.81. The summed E-state index contributed by atoms with van der Waals surface area (Å²) in [6.07, 6.45) is 5.56. The van der Waals surface area contributed by atoms with Crippen molar-refractivity contribution in [2.45, 2.75) is 32.2 Å². The van der Waals surface area contributed by atoms with Crippen LogP contribution in [0.1, 0.15) is 26.2 Å². The molecule has 0 spiro atoms. The van der Waals surface area contributed by atoms with E-state index in [1.54, 1.807) is 0 Å². The van der Waals surface area contributed by atoms with Gasteiger partial charge in [-0.15, -0.1) is 0 Å². The average molecular weight is 137 g/mol. The van der Waals surface area contributed by atoms with E-state index in [1.807, 2.05) is 6.92 Å². The van der Waals surface area contributed by atoms with Crippen LogP contribution in [0.3, 0.4) is 0 Å². The van der Waals surface area contributed by atoms with Crippen LogP contribution in [-0.2, 0) is 0 Å². The van der Waals surface area contributed by atoms with E-state index in [2.05, 4.69) is 12.7 Å². The van der Waals surface area contributed by atoms with Crippen LogP contribution in [-0.4, -0.2) is 6.04 Å². The second-order valence-corrected chi connectivity index (χ2v) is 3.15. The highest BCUT2D eigenvalue weighted by Crippen LogP contribution is 2.23. The van der Waals surface area contributed by atoms with Crippen molar-refractivity contribution in [3.8, 4) is 0 Å². The van der Waals surface area contributed by atoms with E-state index in [0.717, 1.165) is 18.4 Å². The van der Waals surface area contributed by atoms with E-state index < -0.39 is 0 Å². The lowest BCUT2D eigenvalue weighted by molar-refractivity contribution is 0.711. The Hall–Kier alpha value is -0.560. The molecule has 1 rings (SSSR count). The Balaban J connectivity index is 2.51. The van der Waals surface area contributed by atoms with E-state index in [1.165, 1.54) is 12.0 Å². The van der Waals surface area contributed by atoms with Gasteiger partial charge in [0, 0.05) is 6.04 Å². The zero-order valence-electron chi connectivity index (χ0n) is 6.56. The minimum Gasteiger partial charge on any atom is -0.327 e. The van der Waals surface area contributed by atoms with Crippen LogP contribution >= 0.6 is 0 Å². The van der Waals surface area contributed by atoms with Crippen molar-refractivity contribution in [3.05, 3.63) is 23.8 Å². The van der Waals surface area contributed by atoms with E-state index >= 15 is 0 Å². The summed E-state index contributed by atoms with van der Waals surface area (Å²) in [5.41, 5.74) is 8.35. The van der Waals surface area contributed by atoms with Gasteiger partial charge in [-0.2, -0.15) is 0 Å². The topological polar surface area (TPSA) is 26.0 Å². The van der Waals surface area contributed by atoms with Crippen molar-refractivity contribution in [1.29, 1.82) is 0 Å². The minimum atomic E-state index is 0.408. The van der Waals surface area contributed by atoms with Crippen molar-refractivity contribution < 1.29 is 0 Å². The zero-order valence-corrected chi connectivity index (χ0v) is 6.56. The maximum atomic E-state index is 5.73. The number of allylic oxidation sites excluding steroid dienone is 2. The largest absolute Gasteiger partial charge is 0.327 e. The van der Waals surface area contributed by atoms with Crippen LogP contribution in [0.15, 0.2) is 23.8 Å². The summed E-state index contributed by atoms with van der Waals surface area (Å²) in [5.74, 6) is 0. The molecule has 2 N–H and O–H groups in total. The lowest BCUT2D eigenvalue weighted by Crippen LogP contribution is -2.13. The van der Waals surface area contributed by atoms with Gasteiger partial charge in [0.05, 0.1) is 0 Å². The van der Waals surface area contributed by atoms with Gasteiger partial charge in [0.2, 0.25) is 0 Å². The molecule has 10 heavy (non-hydrogen) atoms. The molecule has 1 unspecified atom stereocenters. The molecule has 0 radical (unpaired) electrons. The molecule has 1 aliphatic rings. The van der Waals surface area contributed by atoms with Gasteiger partial charge in [-0.1, -0.05) is 23.8 Å². The fourth-order valence-electron chi connectivity index (χ4n) is 1.39. The summed E-state index contributed by atoms with van der Waals surface area (Å²) in [6.45, 7) is 5.85. The second kappa shape index (κ2) is 3.02. The van der Waals surface area contributed by atoms with Gasteiger partial charge in [0.1, 0.15) is 0 Å². The van der Waals surface area contributed by atoms with Crippen molar-refractivity contribution in [2.24, 2.45) is 5.73 Å². The van der Waals surface area contributed by atoms with Gasteiger partial charge in [0.15, 0.2) is 0 Å². The maximum absolute atomic E-state index is 5.73. The monoisotopic (exact) mass is 137 g/mol. The van der Waals surface area contributed by atoms with E-state index in [9.17, 15) is 0 Å². The predicted molar refractivity (Wildman–Crippen MR) is 44.7 cm³/mol. The van der Waals surface area contributed by atoms with Gasteiger partial charge < -0.3 is 5.73 Å². The fourth-order valence-corrected chi connectivity index (χ4v) is 1.39. The number of nitrogens with two attached hydrogens (primary N) is 1. The molecule has 0 heterocycles. The fraction of sp³-hybridized carbons (Fsp3) is 0.556. The van der Waals surface area contributed by atoms with Crippen LogP contribution in [0.25, 0.3) is 0 Å². The van der Waals surface area contributed by atoms with Crippen molar-refractivity contribution in [2.75, 3.05) is 0 Å². The smallest absolute Gasteiger partial charge is 0.00792 e. The molecule has 0 aromatic heterocycles. The molecule has 1 fully saturated rings. The van der Waals surface area contributed by atoms with E-state index in [0.29, 0.717) is 6.04 Å². The lowest BCUT2D eigenvalue weighted by atomic mass is 10.1. The Kier molecular flexibility index (Phi) is 2.28. The molecule has 1 aliphatic carbocycles. The summed E-state index contributed by atoms with van der Waals surface area (Å²) in [4.78, 5) is 0. The van der Waals surface area contributed by atoms with Crippen LogP contribution in [0, 0.1) is 0 Å². The molecule has 0 aromatic rings. The SMILES string of the molecule is C=C(C)/C=C1/CCC(N)C1. The Bertz CT molecular complexity index is 168. The first kappa shape index (κ1) is 7.55. The molecule has 0 aromatic carbocycles. The first-order valence-electron chi connectivity index (χ1n) is 3.79. The summed E-state index contributed by atoms with van der Waals surface area (Å²) < 4.78 is 0. The molecule has 56 valence electrons. The minimum absolute atomic E-state index is 0.408. The molecule has 0 saturated heterocycles. The molecule has 0 amide bonds. The Morgan fingerprint density at radius 3 is 2.90 bits per heavy atom. The first-order chi connectivity index (χ1) is 4.68. The van der Waals surface area contributed by atoms with Crippen molar-refractivity contribution in [1.82, 2.24) is 0 Å². The third kappa shape index (κ3) is 1.99. The third-order valence-corrected chi connectivity index (χ3v) is 1.81. The average Bonchev–Trinajstić information content (AvgIpc) is 2.13. The van der Waals surface area contributed by atoms with Crippen LogP contribution < -0.4 is 5.73 Å². The number of rotatable bonds is 1. The molecular weight excluding hydrogens is 122 g/mol. The molecular formula is C9H15N. The molecule has 1 heteroatoms. The van der Waals surface area contributed by atoms with Gasteiger partial charge in [-0.25, -0.2) is 0 Å². The molecule has 1 atom stereocenters. The number of hydrogen-bond donors (Lipinski definition) is 1. The normalized spacial score (nSPS) is 29.4. The van der Waals surface area contributed by atoms with Gasteiger partial charge in [-0.05, 0) is 26.2 Å². The first-order valence-corrected chi connectivity index (χ1v) is 3.79. The lowest BCUT2D eigenvalue weighted by Gasteiger charge is -1.96. The van der Waals surface area contributed by atoms with E-state index in [-0.39, 0.29) is 0 Å².